The summed E-state index contributed by atoms with van der Waals surface area (Å²) in [7, 11) is 3.39. The van der Waals surface area contributed by atoms with E-state index in [2.05, 4.69) is 0 Å². The van der Waals surface area contributed by atoms with Crippen molar-refractivity contribution in [2.45, 2.75) is 32.4 Å². The fourth-order valence-electron chi connectivity index (χ4n) is 2.89. The van der Waals surface area contributed by atoms with Crippen LogP contribution in [0.5, 0.6) is 5.75 Å². The van der Waals surface area contributed by atoms with Gasteiger partial charge in [0.25, 0.3) is 0 Å². The number of aliphatic hydroxyl groups excluding tert-OH is 1. The van der Waals surface area contributed by atoms with Crippen molar-refractivity contribution < 1.29 is 14.6 Å². The van der Waals surface area contributed by atoms with Crippen LogP contribution in [0.2, 0.25) is 0 Å². The fourth-order valence-corrected chi connectivity index (χ4v) is 2.89. The van der Waals surface area contributed by atoms with Gasteiger partial charge in [-0.2, -0.15) is 0 Å². The molecule has 2 rings (SSSR count). The van der Waals surface area contributed by atoms with E-state index in [-0.39, 0.29) is 17.9 Å². The van der Waals surface area contributed by atoms with Crippen LogP contribution in [0, 0.1) is 5.92 Å². The van der Waals surface area contributed by atoms with Gasteiger partial charge in [0.1, 0.15) is 5.75 Å². The van der Waals surface area contributed by atoms with E-state index in [0.717, 1.165) is 16.9 Å². The van der Waals surface area contributed by atoms with Crippen molar-refractivity contribution in [3.05, 3.63) is 65.7 Å². The summed E-state index contributed by atoms with van der Waals surface area (Å²) in [5.41, 5.74) is 1.91. The summed E-state index contributed by atoms with van der Waals surface area (Å²) >= 11 is 0. The molecule has 1 amide bonds. The zero-order valence-electron chi connectivity index (χ0n) is 15.3. The summed E-state index contributed by atoms with van der Waals surface area (Å²) in [4.78, 5) is 14.4. The topological polar surface area (TPSA) is 49.8 Å². The molecule has 0 saturated heterocycles. The number of nitrogens with zero attached hydrogens (tertiary/aromatic N) is 1. The third kappa shape index (κ3) is 4.83. The van der Waals surface area contributed by atoms with Gasteiger partial charge in [0, 0.05) is 13.0 Å². The Morgan fingerprint density at radius 1 is 1.08 bits per heavy atom. The number of benzene rings is 2. The molecule has 2 aromatic rings. The molecule has 0 aliphatic rings. The molecular weight excluding hydrogens is 314 g/mol. The number of hydrogen-bond acceptors (Lipinski definition) is 3. The minimum Gasteiger partial charge on any atom is -0.497 e. The van der Waals surface area contributed by atoms with E-state index in [4.69, 9.17) is 4.74 Å². The van der Waals surface area contributed by atoms with E-state index in [1.54, 1.807) is 19.1 Å². The van der Waals surface area contributed by atoms with Crippen molar-refractivity contribution in [1.82, 2.24) is 4.90 Å². The van der Waals surface area contributed by atoms with E-state index in [1.807, 2.05) is 68.4 Å². The number of methoxy groups -OCH3 is 1. The van der Waals surface area contributed by atoms with Crippen molar-refractivity contribution in [3.63, 3.8) is 0 Å². The van der Waals surface area contributed by atoms with Crippen LogP contribution >= 0.6 is 0 Å². The zero-order valence-corrected chi connectivity index (χ0v) is 15.3. The van der Waals surface area contributed by atoms with Crippen LogP contribution < -0.4 is 4.74 Å². The largest absolute Gasteiger partial charge is 0.497 e. The number of ether oxygens (including phenoxy) is 1. The van der Waals surface area contributed by atoms with Gasteiger partial charge in [-0.25, -0.2) is 0 Å². The minimum atomic E-state index is -0.705. The summed E-state index contributed by atoms with van der Waals surface area (Å²) < 4.78 is 5.16. The van der Waals surface area contributed by atoms with Crippen molar-refractivity contribution in [2.24, 2.45) is 5.92 Å². The standard InChI is InChI=1S/C21H27NO3/c1-15(14-17-10-12-19(25-4)13-11-17)21(24)22(3)16(2)20(23)18-8-6-5-7-9-18/h5-13,15-16,20,23H,14H2,1-4H3/t15-,16+,20-/m1/s1. The summed E-state index contributed by atoms with van der Waals surface area (Å²) in [5.74, 6) is 0.668. The predicted molar refractivity (Wildman–Crippen MR) is 99.5 cm³/mol. The van der Waals surface area contributed by atoms with Crippen LogP contribution in [0.1, 0.15) is 31.1 Å². The molecule has 0 saturated carbocycles. The molecule has 0 unspecified atom stereocenters. The van der Waals surface area contributed by atoms with Crippen LogP contribution in [0.3, 0.4) is 0 Å². The Kier molecular flexibility index (Phi) is 6.59. The Bertz CT molecular complexity index is 669. The van der Waals surface area contributed by atoms with Gasteiger partial charge >= 0.3 is 0 Å². The van der Waals surface area contributed by atoms with E-state index >= 15 is 0 Å². The van der Waals surface area contributed by atoms with Gasteiger partial charge in [-0.1, -0.05) is 49.4 Å². The van der Waals surface area contributed by atoms with Crippen molar-refractivity contribution in [2.75, 3.05) is 14.2 Å². The average Bonchev–Trinajstić information content (AvgIpc) is 2.66. The smallest absolute Gasteiger partial charge is 0.225 e. The number of hydrogen-bond donors (Lipinski definition) is 1. The molecular formula is C21H27NO3. The van der Waals surface area contributed by atoms with Gasteiger partial charge in [-0.05, 0) is 36.6 Å². The lowest BCUT2D eigenvalue weighted by atomic mass is 9.97. The van der Waals surface area contributed by atoms with Crippen LogP contribution in [0.15, 0.2) is 54.6 Å². The second kappa shape index (κ2) is 8.67. The number of carbonyl (C=O) groups excluding carboxylic acids is 1. The van der Waals surface area contributed by atoms with E-state index in [1.165, 1.54) is 0 Å². The van der Waals surface area contributed by atoms with Gasteiger partial charge in [0.2, 0.25) is 5.91 Å². The van der Waals surface area contributed by atoms with Gasteiger partial charge in [0.15, 0.2) is 0 Å². The monoisotopic (exact) mass is 341 g/mol. The van der Waals surface area contributed by atoms with Gasteiger partial charge < -0.3 is 14.7 Å². The number of aliphatic hydroxyl groups is 1. The molecule has 0 spiro atoms. The summed E-state index contributed by atoms with van der Waals surface area (Å²) in [6.07, 6.45) is -0.0512. The summed E-state index contributed by atoms with van der Waals surface area (Å²) in [6, 6.07) is 16.9. The second-order valence-corrected chi connectivity index (χ2v) is 6.50. The fraction of sp³-hybridized carbons (Fsp3) is 0.381. The first-order valence-corrected chi connectivity index (χ1v) is 8.56. The Balaban J connectivity index is 1.99. The molecule has 3 atom stereocenters. The average molecular weight is 341 g/mol. The molecule has 25 heavy (non-hydrogen) atoms. The van der Waals surface area contributed by atoms with E-state index in [0.29, 0.717) is 6.42 Å². The lowest BCUT2D eigenvalue weighted by Gasteiger charge is -2.31. The van der Waals surface area contributed by atoms with Crippen molar-refractivity contribution >= 4 is 5.91 Å². The molecule has 0 aliphatic carbocycles. The molecule has 0 aromatic heterocycles. The van der Waals surface area contributed by atoms with Crippen molar-refractivity contribution in [1.29, 1.82) is 0 Å². The maximum Gasteiger partial charge on any atom is 0.225 e. The van der Waals surface area contributed by atoms with Gasteiger partial charge in [-0.3, -0.25) is 4.79 Å². The molecule has 1 N–H and O–H groups in total. The highest BCUT2D eigenvalue weighted by Crippen LogP contribution is 2.22. The molecule has 0 heterocycles. The SMILES string of the molecule is COc1ccc(C[C@@H](C)C(=O)N(C)[C@@H](C)[C@@H](O)c2ccccc2)cc1. The molecule has 0 aliphatic heterocycles. The third-order valence-corrected chi connectivity index (χ3v) is 4.68. The zero-order chi connectivity index (χ0) is 18.4. The molecule has 134 valence electrons. The van der Waals surface area contributed by atoms with E-state index in [9.17, 15) is 9.90 Å². The molecule has 4 nitrogen and oxygen atoms in total. The quantitative estimate of drug-likeness (QED) is 0.839. The molecule has 0 fully saturated rings. The lowest BCUT2D eigenvalue weighted by Crippen LogP contribution is -2.42. The van der Waals surface area contributed by atoms with Crippen LogP contribution in [-0.4, -0.2) is 36.1 Å². The summed E-state index contributed by atoms with van der Waals surface area (Å²) in [5, 5.41) is 10.5. The van der Waals surface area contributed by atoms with Crippen molar-refractivity contribution in [3.8, 4) is 5.75 Å². The Labute approximate surface area is 150 Å². The highest BCUT2D eigenvalue weighted by Gasteiger charge is 2.27. The normalized spacial score (nSPS) is 14.4. The van der Waals surface area contributed by atoms with Gasteiger partial charge in [-0.15, -0.1) is 0 Å². The molecule has 0 radical (unpaired) electrons. The first kappa shape index (κ1) is 19.0. The van der Waals surface area contributed by atoms with Gasteiger partial charge in [0.05, 0.1) is 19.3 Å². The summed E-state index contributed by atoms with van der Waals surface area (Å²) in [6.45, 7) is 3.79. The minimum absolute atomic E-state index is 0.0262. The lowest BCUT2D eigenvalue weighted by molar-refractivity contribution is -0.137. The second-order valence-electron chi connectivity index (χ2n) is 6.50. The molecule has 2 aromatic carbocycles. The number of likely N-dealkylation sites (N-methyl/N-ethyl adjacent to an activating group) is 1. The van der Waals surface area contributed by atoms with Crippen LogP contribution in [0.4, 0.5) is 0 Å². The maximum atomic E-state index is 12.7. The first-order chi connectivity index (χ1) is 11.9. The van der Waals surface area contributed by atoms with Crippen LogP contribution in [-0.2, 0) is 11.2 Å². The number of carbonyl (C=O) groups is 1. The Morgan fingerprint density at radius 2 is 1.68 bits per heavy atom. The van der Waals surface area contributed by atoms with E-state index < -0.39 is 6.10 Å². The maximum absolute atomic E-state index is 12.7. The predicted octanol–water partition coefficient (Wildman–Crippen LogP) is 3.45. The molecule has 0 bridgehead atoms. The van der Waals surface area contributed by atoms with Crippen LogP contribution in [0.25, 0.3) is 0 Å². The molecule has 4 heteroatoms. The Hall–Kier alpha value is -2.33. The number of amides is 1. The third-order valence-electron chi connectivity index (χ3n) is 4.68. The highest BCUT2D eigenvalue weighted by molar-refractivity contribution is 5.79. The number of rotatable bonds is 7. The first-order valence-electron chi connectivity index (χ1n) is 8.56. The highest BCUT2D eigenvalue weighted by atomic mass is 16.5. The Morgan fingerprint density at radius 3 is 2.24 bits per heavy atom.